The summed E-state index contributed by atoms with van der Waals surface area (Å²) in [4.78, 5) is 23.9. The molecule has 2 rings (SSSR count). The van der Waals surface area contributed by atoms with E-state index in [9.17, 15) is 9.59 Å². The van der Waals surface area contributed by atoms with Gasteiger partial charge in [-0.3, -0.25) is 9.59 Å². The molecule has 0 atom stereocenters. The van der Waals surface area contributed by atoms with Gasteiger partial charge in [0.25, 0.3) is 5.91 Å². The van der Waals surface area contributed by atoms with Crippen LogP contribution in [0, 0.1) is 0 Å². The van der Waals surface area contributed by atoms with Gasteiger partial charge in [0.15, 0.2) is 0 Å². The largest absolute Gasteiger partial charge is 0.399 e. The van der Waals surface area contributed by atoms with Gasteiger partial charge >= 0.3 is 0 Å². The van der Waals surface area contributed by atoms with Crippen molar-refractivity contribution in [1.82, 2.24) is 10.7 Å². The van der Waals surface area contributed by atoms with Crippen LogP contribution in [0.3, 0.4) is 0 Å². The molecular formula is C17H24N4O2. The minimum Gasteiger partial charge on any atom is -0.399 e. The molecule has 4 N–H and O–H groups in total. The Kier molecular flexibility index (Phi) is 6.14. The fraction of sp³-hybridized carbons (Fsp3) is 0.471. The number of hydrogen-bond acceptors (Lipinski definition) is 4. The summed E-state index contributed by atoms with van der Waals surface area (Å²) in [5.74, 6) is -0.364. The zero-order valence-electron chi connectivity index (χ0n) is 13.5. The van der Waals surface area contributed by atoms with Crippen molar-refractivity contribution < 1.29 is 9.59 Å². The third-order valence-electron chi connectivity index (χ3n) is 3.91. The lowest BCUT2D eigenvalue weighted by Crippen LogP contribution is -2.37. The van der Waals surface area contributed by atoms with Crippen molar-refractivity contribution in [2.24, 2.45) is 5.10 Å². The smallest absolute Gasteiger partial charge is 0.271 e. The van der Waals surface area contributed by atoms with Crippen LogP contribution in [0.2, 0.25) is 0 Å². The number of nitrogen functional groups attached to an aromatic ring is 1. The topological polar surface area (TPSA) is 96.6 Å². The molecule has 1 saturated carbocycles. The van der Waals surface area contributed by atoms with Crippen LogP contribution in [0.1, 0.15) is 55.8 Å². The first kappa shape index (κ1) is 17.0. The lowest BCUT2D eigenvalue weighted by atomic mass is 9.95. The predicted octanol–water partition coefficient (Wildman–Crippen LogP) is 2.21. The molecule has 1 aliphatic carbocycles. The maximum Gasteiger partial charge on any atom is 0.271 e. The number of anilines is 1. The Morgan fingerprint density at radius 2 is 1.83 bits per heavy atom. The molecular weight excluding hydrogens is 292 g/mol. The molecule has 0 aromatic heterocycles. The van der Waals surface area contributed by atoms with Crippen LogP contribution in [-0.4, -0.2) is 23.6 Å². The van der Waals surface area contributed by atoms with Gasteiger partial charge in [-0.15, -0.1) is 0 Å². The highest BCUT2D eigenvalue weighted by Crippen LogP contribution is 2.17. The first-order chi connectivity index (χ1) is 11.0. The van der Waals surface area contributed by atoms with Gasteiger partial charge in [-0.1, -0.05) is 19.3 Å². The van der Waals surface area contributed by atoms with Gasteiger partial charge in [0.1, 0.15) is 0 Å². The van der Waals surface area contributed by atoms with Gasteiger partial charge in [0, 0.05) is 23.0 Å². The van der Waals surface area contributed by atoms with Gasteiger partial charge in [-0.05, 0) is 44.0 Å². The van der Waals surface area contributed by atoms with Gasteiger partial charge in [-0.25, -0.2) is 5.43 Å². The Morgan fingerprint density at radius 1 is 1.17 bits per heavy atom. The first-order valence-electron chi connectivity index (χ1n) is 8.03. The fourth-order valence-electron chi connectivity index (χ4n) is 2.64. The molecule has 0 saturated heterocycles. The number of carbonyl (C=O) groups is 2. The second-order valence-corrected chi connectivity index (χ2v) is 5.99. The van der Waals surface area contributed by atoms with Crippen LogP contribution in [0.15, 0.2) is 29.4 Å². The molecule has 0 heterocycles. The molecule has 6 heteroatoms. The summed E-state index contributed by atoms with van der Waals surface area (Å²) in [5, 5.41) is 7.01. The molecule has 1 aromatic carbocycles. The Morgan fingerprint density at radius 3 is 2.48 bits per heavy atom. The Hall–Kier alpha value is -2.37. The maximum atomic E-state index is 12.0. The summed E-state index contributed by atoms with van der Waals surface area (Å²) in [6.07, 6.45) is 5.90. The third-order valence-corrected chi connectivity index (χ3v) is 3.91. The normalized spacial score (nSPS) is 16.0. The van der Waals surface area contributed by atoms with E-state index in [1.54, 1.807) is 31.2 Å². The summed E-state index contributed by atoms with van der Waals surface area (Å²) in [7, 11) is 0. The van der Waals surface area contributed by atoms with Gasteiger partial charge in [0.2, 0.25) is 5.91 Å². The van der Waals surface area contributed by atoms with E-state index >= 15 is 0 Å². The first-order valence-corrected chi connectivity index (χ1v) is 8.03. The summed E-state index contributed by atoms with van der Waals surface area (Å²) in [6.45, 7) is 1.73. The second-order valence-electron chi connectivity index (χ2n) is 5.99. The van der Waals surface area contributed by atoms with Crippen LogP contribution in [0.5, 0.6) is 0 Å². The molecule has 23 heavy (non-hydrogen) atoms. The predicted molar refractivity (Wildman–Crippen MR) is 91.1 cm³/mol. The summed E-state index contributed by atoms with van der Waals surface area (Å²) >= 11 is 0. The molecule has 0 spiro atoms. The van der Waals surface area contributed by atoms with Gasteiger partial charge < -0.3 is 11.1 Å². The zero-order chi connectivity index (χ0) is 16.7. The monoisotopic (exact) mass is 316 g/mol. The van der Waals surface area contributed by atoms with Crippen molar-refractivity contribution >= 4 is 23.2 Å². The second kappa shape index (κ2) is 8.31. The lowest BCUT2D eigenvalue weighted by molar-refractivity contribution is -0.120. The van der Waals surface area contributed by atoms with E-state index in [2.05, 4.69) is 15.8 Å². The summed E-state index contributed by atoms with van der Waals surface area (Å²) < 4.78 is 0. The van der Waals surface area contributed by atoms with E-state index in [1.165, 1.54) is 19.3 Å². The van der Waals surface area contributed by atoms with Crippen molar-refractivity contribution in [1.29, 1.82) is 0 Å². The van der Waals surface area contributed by atoms with Gasteiger partial charge in [-0.2, -0.15) is 5.10 Å². The third kappa shape index (κ3) is 5.73. The molecule has 1 aromatic rings. The van der Waals surface area contributed by atoms with Gasteiger partial charge in [0.05, 0.1) is 6.42 Å². The molecule has 1 fully saturated rings. The molecule has 124 valence electrons. The lowest BCUT2D eigenvalue weighted by Gasteiger charge is -2.22. The molecule has 0 unspecified atom stereocenters. The van der Waals surface area contributed by atoms with Crippen molar-refractivity contribution in [2.75, 3.05) is 5.73 Å². The SMILES string of the molecule is C/C(CC(=O)NC1CCCCC1)=N\NC(=O)c1ccc(N)cc1. The number of amides is 2. The highest BCUT2D eigenvalue weighted by atomic mass is 16.2. The van der Waals surface area contributed by atoms with Crippen LogP contribution >= 0.6 is 0 Å². The minimum absolute atomic E-state index is 0.0418. The number of nitrogens with one attached hydrogen (secondary N) is 2. The minimum atomic E-state index is -0.322. The van der Waals surface area contributed by atoms with Crippen molar-refractivity contribution in [3.63, 3.8) is 0 Å². The molecule has 0 aliphatic heterocycles. The summed E-state index contributed by atoms with van der Waals surface area (Å²) in [5.41, 5.74) is 9.68. The van der Waals surface area contributed by atoms with Crippen molar-refractivity contribution in [3.05, 3.63) is 29.8 Å². The number of hydrazone groups is 1. The highest BCUT2D eigenvalue weighted by molar-refractivity contribution is 6.01. The number of nitrogens with two attached hydrogens (primary N) is 1. The standard InChI is InChI=1S/C17H24N4O2/c1-12(11-16(22)19-15-5-3-2-4-6-15)20-21-17(23)13-7-9-14(18)10-8-13/h7-10,15H,2-6,11,18H2,1H3,(H,19,22)(H,21,23)/b20-12+. The number of nitrogens with zero attached hydrogens (tertiary/aromatic N) is 1. The van der Waals surface area contributed by atoms with E-state index < -0.39 is 0 Å². The van der Waals surface area contributed by atoms with Crippen LogP contribution < -0.4 is 16.5 Å². The molecule has 0 radical (unpaired) electrons. The zero-order valence-corrected chi connectivity index (χ0v) is 13.5. The van der Waals surface area contributed by atoms with Crippen LogP contribution in [0.4, 0.5) is 5.69 Å². The highest BCUT2D eigenvalue weighted by Gasteiger charge is 2.16. The van der Waals surface area contributed by atoms with E-state index in [0.717, 1.165) is 12.8 Å². The Labute approximate surface area is 136 Å². The quantitative estimate of drug-likeness (QED) is 0.441. The van der Waals surface area contributed by atoms with Crippen LogP contribution in [-0.2, 0) is 4.79 Å². The molecule has 1 aliphatic rings. The average molecular weight is 316 g/mol. The fourth-order valence-corrected chi connectivity index (χ4v) is 2.64. The Bertz CT molecular complexity index is 575. The molecule has 2 amide bonds. The van der Waals surface area contributed by atoms with Crippen molar-refractivity contribution in [2.45, 2.75) is 51.5 Å². The number of carbonyl (C=O) groups excluding carboxylic acids is 2. The van der Waals surface area contributed by atoms with E-state index in [0.29, 0.717) is 17.0 Å². The number of rotatable bonds is 5. The molecule has 0 bridgehead atoms. The summed E-state index contributed by atoms with van der Waals surface area (Å²) in [6, 6.07) is 6.86. The number of benzene rings is 1. The van der Waals surface area contributed by atoms with E-state index in [-0.39, 0.29) is 24.3 Å². The average Bonchev–Trinajstić information content (AvgIpc) is 2.54. The number of hydrogen-bond donors (Lipinski definition) is 3. The molecule has 6 nitrogen and oxygen atoms in total. The Balaban J connectivity index is 1.78. The van der Waals surface area contributed by atoms with E-state index in [4.69, 9.17) is 5.73 Å². The van der Waals surface area contributed by atoms with E-state index in [1.807, 2.05) is 0 Å². The van der Waals surface area contributed by atoms with Crippen LogP contribution in [0.25, 0.3) is 0 Å². The van der Waals surface area contributed by atoms with Crippen molar-refractivity contribution in [3.8, 4) is 0 Å². The maximum absolute atomic E-state index is 12.0.